The largest absolute Gasteiger partial charge is 0.380 e. The summed E-state index contributed by atoms with van der Waals surface area (Å²) in [6.07, 6.45) is 40.5. The number of nitrogens with one attached hydrogen (secondary N) is 1. The molecule has 0 aromatic rings. The van der Waals surface area contributed by atoms with Crippen molar-refractivity contribution in [1.29, 1.82) is 0 Å². The first kappa shape index (κ1) is 32.9. The maximum Gasteiger partial charge on any atom is 0.0619 e. The molecule has 1 rings (SSSR count). The van der Waals surface area contributed by atoms with Crippen LogP contribution in [0.4, 0.5) is 0 Å². The number of rotatable bonds is 29. The van der Waals surface area contributed by atoms with E-state index in [1.165, 1.54) is 186 Å². The van der Waals surface area contributed by atoms with Crippen molar-refractivity contribution in [3.8, 4) is 0 Å². The molecular formula is C33H67NO. The maximum atomic E-state index is 5.81. The summed E-state index contributed by atoms with van der Waals surface area (Å²) in [4.78, 5) is 0. The number of ether oxygens (including phenoxy) is 1. The lowest BCUT2D eigenvalue weighted by Gasteiger charge is -2.10. The van der Waals surface area contributed by atoms with Crippen molar-refractivity contribution in [2.24, 2.45) is 0 Å². The third-order valence-electron chi connectivity index (χ3n) is 8.12. The third-order valence-corrected chi connectivity index (χ3v) is 8.12. The molecule has 0 aromatic heterocycles. The van der Waals surface area contributed by atoms with Gasteiger partial charge >= 0.3 is 0 Å². The van der Waals surface area contributed by atoms with Crippen molar-refractivity contribution in [3.05, 3.63) is 0 Å². The minimum Gasteiger partial charge on any atom is -0.380 e. The van der Waals surface area contributed by atoms with E-state index >= 15 is 0 Å². The summed E-state index contributed by atoms with van der Waals surface area (Å²) in [6, 6.07) is 0.638. The lowest BCUT2D eigenvalue weighted by atomic mass is 10.0. The first-order valence-corrected chi connectivity index (χ1v) is 16.7. The standard InChI is InChI=1S/C33H67NO/c1-2-3-4-5-6-7-8-9-10-11-12-13-14-15-16-17-18-19-20-21-22-23-24-25-26-27-31-35-32-33-29-28-30-34-33/h33-34H,2-32H2,1H3. The van der Waals surface area contributed by atoms with Gasteiger partial charge < -0.3 is 10.1 Å². The highest BCUT2D eigenvalue weighted by Gasteiger charge is 2.13. The Balaban J connectivity index is 1.60. The van der Waals surface area contributed by atoms with Crippen LogP contribution < -0.4 is 5.32 Å². The highest BCUT2D eigenvalue weighted by atomic mass is 16.5. The average molecular weight is 494 g/mol. The zero-order valence-electron chi connectivity index (χ0n) is 24.4. The summed E-state index contributed by atoms with van der Waals surface area (Å²) in [7, 11) is 0. The summed E-state index contributed by atoms with van der Waals surface area (Å²) in [6.45, 7) is 5.39. The maximum absolute atomic E-state index is 5.81. The first-order valence-electron chi connectivity index (χ1n) is 16.7. The minimum atomic E-state index is 0.638. The molecule has 0 radical (unpaired) electrons. The fraction of sp³-hybridized carbons (Fsp3) is 1.00. The molecule has 1 N–H and O–H groups in total. The van der Waals surface area contributed by atoms with E-state index in [1.54, 1.807) is 0 Å². The summed E-state index contributed by atoms with van der Waals surface area (Å²) in [5.74, 6) is 0. The summed E-state index contributed by atoms with van der Waals surface area (Å²) in [5.41, 5.74) is 0. The van der Waals surface area contributed by atoms with Gasteiger partial charge in [-0.3, -0.25) is 0 Å². The van der Waals surface area contributed by atoms with Crippen LogP contribution in [-0.4, -0.2) is 25.8 Å². The van der Waals surface area contributed by atoms with Crippen molar-refractivity contribution in [2.45, 2.75) is 193 Å². The van der Waals surface area contributed by atoms with Gasteiger partial charge in [0.15, 0.2) is 0 Å². The summed E-state index contributed by atoms with van der Waals surface area (Å²) in [5, 5.41) is 3.50. The predicted molar refractivity (Wildman–Crippen MR) is 158 cm³/mol. The van der Waals surface area contributed by atoms with E-state index in [2.05, 4.69) is 12.2 Å². The van der Waals surface area contributed by atoms with Gasteiger partial charge in [0, 0.05) is 12.6 Å². The van der Waals surface area contributed by atoms with E-state index in [9.17, 15) is 0 Å². The molecule has 1 aliphatic rings. The first-order chi connectivity index (χ1) is 17.4. The van der Waals surface area contributed by atoms with Crippen molar-refractivity contribution in [2.75, 3.05) is 19.8 Å². The van der Waals surface area contributed by atoms with E-state index < -0.39 is 0 Å². The SMILES string of the molecule is CCCCCCCCCCCCCCCCCCCCCCCCCCCCOCC1CCCN1. The van der Waals surface area contributed by atoms with Gasteiger partial charge in [0.05, 0.1) is 6.61 Å². The molecule has 0 bridgehead atoms. The highest BCUT2D eigenvalue weighted by molar-refractivity contribution is 4.73. The Morgan fingerprint density at radius 2 is 0.829 bits per heavy atom. The van der Waals surface area contributed by atoms with Crippen LogP contribution in [0.2, 0.25) is 0 Å². The van der Waals surface area contributed by atoms with E-state index in [4.69, 9.17) is 4.74 Å². The molecular weight excluding hydrogens is 426 g/mol. The second-order valence-corrected chi connectivity index (χ2v) is 11.7. The average Bonchev–Trinajstić information content (AvgIpc) is 3.39. The summed E-state index contributed by atoms with van der Waals surface area (Å²) < 4.78 is 5.81. The van der Waals surface area contributed by atoms with Crippen LogP contribution in [0.3, 0.4) is 0 Å². The lowest BCUT2D eigenvalue weighted by Crippen LogP contribution is -2.26. The van der Waals surface area contributed by atoms with Crippen LogP contribution in [0.1, 0.15) is 187 Å². The molecule has 1 atom stereocenters. The Hall–Kier alpha value is -0.0800. The normalized spacial score (nSPS) is 15.9. The molecule has 0 spiro atoms. The zero-order valence-corrected chi connectivity index (χ0v) is 24.4. The number of hydrogen-bond donors (Lipinski definition) is 1. The second-order valence-electron chi connectivity index (χ2n) is 11.7. The van der Waals surface area contributed by atoms with Crippen LogP contribution in [0.15, 0.2) is 0 Å². The monoisotopic (exact) mass is 494 g/mol. The molecule has 210 valence electrons. The van der Waals surface area contributed by atoms with Crippen molar-refractivity contribution >= 4 is 0 Å². The van der Waals surface area contributed by atoms with E-state index in [0.29, 0.717) is 6.04 Å². The topological polar surface area (TPSA) is 21.3 Å². The van der Waals surface area contributed by atoms with Gasteiger partial charge in [-0.15, -0.1) is 0 Å². The molecule has 1 aliphatic heterocycles. The summed E-state index contributed by atoms with van der Waals surface area (Å²) >= 11 is 0. The van der Waals surface area contributed by atoms with Gasteiger partial charge in [-0.1, -0.05) is 167 Å². The Kier molecular flexibility index (Phi) is 26.8. The van der Waals surface area contributed by atoms with Gasteiger partial charge in [-0.2, -0.15) is 0 Å². The Morgan fingerprint density at radius 1 is 0.486 bits per heavy atom. The van der Waals surface area contributed by atoms with Crippen LogP contribution in [0.25, 0.3) is 0 Å². The van der Waals surface area contributed by atoms with Crippen molar-refractivity contribution in [3.63, 3.8) is 0 Å². The molecule has 1 heterocycles. The molecule has 1 unspecified atom stereocenters. The quantitative estimate of drug-likeness (QED) is 0.105. The molecule has 1 fully saturated rings. The zero-order chi connectivity index (χ0) is 24.9. The van der Waals surface area contributed by atoms with Crippen LogP contribution in [-0.2, 0) is 4.74 Å². The van der Waals surface area contributed by atoms with Crippen LogP contribution >= 0.6 is 0 Å². The van der Waals surface area contributed by atoms with Crippen LogP contribution in [0, 0.1) is 0 Å². The number of unbranched alkanes of at least 4 members (excludes halogenated alkanes) is 25. The molecule has 0 saturated carbocycles. The Morgan fingerprint density at radius 3 is 1.14 bits per heavy atom. The smallest absolute Gasteiger partial charge is 0.0619 e. The molecule has 2 heteroatoms. The van der Waals surface area contributed by atoms with Crippen molar-refractivity contribution < 1.29 is 4.74 Å². The van der Waals surface area contributed by atoms with Gasteiger partial charge in [-0.25, -0.2) is 0 Å². The molecule has 35 heavy (non-hydrogen) atoms. The highest BCUT2D eigenvalue weighted by Crippen LogP contribution is 2.16. The predicted octanol–water partition coefficient (Wildman–Crippen LogP) is 10.9. The molecule has 0 aromatic carbocycles. The van der Waals surface area contributed by atoms with Gasteiger partial charge in [0.1, 0.15) is 0 Å². The fourth-order valence-corrected chi connectivity index (χ4v) is 5.64. The Bertz CT molecular complexity index is 379. The third kappa shape index (κ3) is 25.4. The van der Waals surface area contributed by atoms with Crippen molar-refractivity contribution in [1.82, 2.24) is 5.32 Å². The van der Waals surface area contributed by atoms with Gasteiger partial charge in [-0.05, 0) is 25.8 Å². The minimum absolute atomic E-state index is 0.638. The molecule has 2 nitrogen and oxygen atoms in total. The molecule has 0 amide bonds. The fourth-order valence-electron chi connectivity index (χ4n) is 5.64. The van der Waals surface area contributed by atoms with Crippen LogP contribution in [0.5, 0.6) is 0 Å². The number of hydrogen-bond acceptors (Lipinski definition) is 2. The molecule has 0 aliphatic carbocycles. The van der Waals surface area contributed by atoms with Gasteiger partial charge in [0.25, 0.3) is 0 Å². The van der Waals surface area contributed by atoms with E-state index in [-0.39, 0.29) is 0 Å². The Labute approximate surface area is 222 Å². The van der Waals surface area contributed by atoms with E-state index in [1.807, 2.05) is 0 Å². The second kappa shape index (κ2) is 28.5. The van der Waals surface area contributed by atoms with E-state index in [0.717, 1.165) is 13.2 Å². The lowest BCUT2D eigenvalue weighted by molar-refractivity contribution is 0.112. The molecule has 1 saturated heterocycles. The van der Waals surface area contributed by atoms with Gasteiger partial charge in [0.2, 0.25) is 0 Å².